The topological polar surface area (TPSA) is 55.8 Å². The molecule has 1 aliphatic rings. The van der Waals surface area contributed by atoms with Crippen molar-refractivity contribution in [2.45, 2.75) is 39.5 Å². The maximum Gasteiger partial charge on any atom is 0.326 e. The third kappa shape index (κ3) is 3.78. The summed E-state index contributed by atoms with van der Waals surface area (Å²) in [7, 11) is 0. The molecule has 0 radical (unpaired) electrons. The molecule has 0 unspecified atom stereocenters. The van der Waals surface area contributed by atoms with E-state index >= 15 is 0 Å². The molecule has 0 spiro atoms. The smallest absolute Gasteiger partial charge is 0.326 e. The van der Waals surface area contributed by atoms with Crippen molar-refractivity contribution in [3.05, 3.63) is 23.8 Å². The molecule has 0 fully saturated rings. The molecule has 0 aliphatic carbocycles. The van der Waals surface area contributed by atoms with E-state index in [1.807, 2.05) is 18.2 Å². The molecule has 0 bridgehead atoms. The van der Waals surface area contributed by atoms with E-state index < -0.39 is 0 Å². The monoisotopic (exact) mass is 305 g/mol. The molecule has 1 aliphatic heterocycles. The molecular formula is C17H23NO4. The third-order valence-electron chi connectivity index (χ3n) is 3.64. The zero-order valence-electron chi connectivity index (χ0n) is 13.3. The summed E-state index contributed by atoms with van der Waals surface area (Å²) < 4.78 is 10.8. The number of esters is 1. The lowest BCUT2D eigenvalue weighted by Crippen LogP contribution is -2.39. The van der Waals surface area contributed by atoms with Crippen LogP contribution in [0.3, 0.4) is 0 Å². The van der Waals surface area contributed by atoms with Crippen molar-refractivity contribution in [1.29, 1.82) is 0 Å². The highest BCUT2D eigenvalue weighted by molar-refractivity contribution is 6.00. The maximum atomic E-state index is 12.1. The Hall–Kier alpha value is -2.04. The van der Waals surface area contributed by atoms with Gasteiger partial charge in [-0.25, -0.2) is 0 Å². The lowest BCUT2D eigenvalue weighted by atomic mass is 10.00. The average Bonchev–Trinajstić information content (AvgIpc) is 2.51. The van der Waals surface area contributed by atoms with E-state index in [9.17, 15) is 9.59 Å². The zero-order valence-corrected chi connectivity index (χ0v) is 13.3. The van der Waals surface area contributed by atoms with Crippen LogP contribution in [0.15, 0.2) is 18.2 Å². The summed E-state index contributed by atoms with van der Waals surface area (Å²) in [5, 5.41) is 0. The zero-order chi connectivity index (χ0) is 15.9. The highest BCUT2D eigenvalue weighted by Gasteiger charge is 2.28. The van der Waals surface area contributed by atoms with Gasteiger partial charge < -0.3 is 14.4 Å². The molecule has 0 saturated heterocycles. The Bertz CT molecular complexity index is 541. The Morgan fingerprint density at radius 1 is 1.27 bits per heavy atom. The van der Waals surface area contributed by atoms with E-state index in [1.165, 1.54) is 4.90 Å². The molecule has 0 N–H and O–H groups in total. The van der Waals surface area contributed by atoms with E-state index in [-0.39, 0.29) is 18.4 Å². The maximum absolute atomic E-state index is 12.1. The molecule has 5 nitrogen and oxygen atoms in total. The van der Waals surface area contributed by atoms with Gasteiger partial charge in [-0.1, -0.05) is 19.4 Å². The van der Waals surface area contributed by atoms with Crippen LogP contribution in [0.25, 0.3) is 0 Å². The van der Waals surface area contributed by atoms with Crippen LogP contribution in [0.4, 0.5) is 5.69 Å². The summed E-state index contributed by atoms with van der Waals surface area (Å²) >= 11 is 0. The van der Waals surface area contributed by atoms with Gasteiger partial charge in [-0.3, -0.25) is 9.59 Å². The van der Waals surface area contributed by atoms with Crippen LogP contribution in [0, 0.1) is 0 Å². The van der Waals surface area contributed by atoms with Gasteiger partial charge in [0.05, 0.1) is 18.9 Å². The highest BCUT2D eigenvalue weighted by atomic mass is 16.5. The summed E-state index contributed by atoms with van der Waals surface area (Å²) in [6.45, 7) is 4.80. The van der Waals surface area contributed by atoms with Gasteiger partial charge in [0.15, 0.2) is 0 Å². The van der Waals surface area contributed by atoms with Gasteiger partial charge in [-0.05, 0) is 31.9 Å². The Morgan fingerprint density at radius 3 is 2.82 bits per heavy atom. The largest absolute Gasteiger partial charge is 0.493 e. The van der Waals surface area contributed by atoms with Gasteiger partial charge in [0.25, 0.3) is 0 Å². The molecule has 120 valence electrons. The second-order valence-corrected chi connectivity index (χ2v) is 5.24. The van der Waals surface area contributed by atoms with E-state index in [1.54, 1.807) is 6.92 Å². The molecule has 1 aromatic rings. The van der Waals surface area contributed by atoms with E-state index in [2.05, 4.69) is 6.92 Å². The lowest BCUT2D eigenvalue weighted by Gasteiger charge is -2.29. The predicted molar refractivity (Wildman–Crippen MR) is 84.2 cm³/mol. The van der Waals surface area contributed by atoms with E-state index in [0.29, 0.717) is 26.1 Å². The third-order valence-corrected chi connectivity index (χ3v) is 3.64. The fourth-order valence-corrected chi connectivity index (χ4v) is 2.53. The minimum Gasteiger partial charge on any atom is -0.493 e. The minimum absolute atomic E-state index is 0.0436. The molecule has 22 heavy (non-hydrogen) atoms. The quantitative estimate of drug-likeness (QED) is 0.574. The van der Waals surface area contributed by atoms with Gasteiger partial charge in [-0.2, -0.15) is 0 Å². The number of hydrogen-bond acceptors (Lipinski definition) is 4. The minimum atomic E-state index is -0.388. The molecule has 0 aromatic heterocycles. The van der Waals surface area contributed by atoms with Gasteiger partial charge in [0, 0.05) is 12.0 Å². The Labute approximate surface area is 131 Å². The Morgan fingerprint density at radius 2 is 2.09 bits per heavy atom. The number of unbranched alkanes of at least 4 members (excludes halogenated alkanes) is 1. The normalized spacial score (nSPS) is 13.7. The van der Waals surface area contributed by atoms with Crippen LogP contribution in [0.5, 0.6) is 5.75 Å². The summed E-state index contributed by atoms with van der Waals surface area (Å²) in [5.74, 6) is 0.375. The fourth-order valence-electron chi connectivity index (χ4n) is 2.53. The van der Waals surface area contributed by atoms with Crippen molar-refractivity contribution in [2.24, 2.45) is 0 Å². The van der Waals surface area contributed by atoms with Crippen molar-refractivity contribution < 1.29 is 19.1 Å². The fraction of sp³-hybridized carbons (Fsp3) is 0.529. The molecule has 2 rings (SSSR count). The van der Waals surface area contributed by atoms with Crippen LogP contribution >= 0.6 is 0 Å². The average molecular weight is 305 g/mol. The number of rotatable bonds is 7. The number of carbonyl (C=O) groups excluding carboxylic acids is 2. The highest BCUT2D eigenvalue weighted by Crippen LogP contribution is 2.34. The second kappa shape index (κ2) is 7.82. The first-order chi connectivity index (χ1) is 10.7. The molecule has 1 heterocycles. The first-order valence-electron chi connectivity index (χ1n) is 7.88. The first-order valence-corrected chi connectivity index (χ1v) is 7.88. The Kier molecular flexibility index (Phi) is 5.81. The summed E-state index contributed by atoms with van der Waals surface area (Å²) in [4.78, 5) is 25.4. The van der Waals surface area contributed by atoms with Crippen molar-refractivity contribution in [3.8, 4) is 5.75 Å². The van der Waals surface area contributed by atoms with Gasteiger partial charge in [0.2, 0.25) is 5.91 Å². The molecular weight excluding hydrogens is 282 g/mol. The van der Waals surface area contributed by atoms with Gasteiger partial charge in [-0.15, -0.1) is 0 Å². The number of amides is 1. The molecule has 1 aromatic carbocycles. The number of ether oxygens (including phenoxy) is 2. The summed E-state index contributed by atoms with van der Waals surface area (Å²) in [5.41, 5.74) is 1.76. The van der Waals surface area contributed by atoms with Crippen molar-refractivity contribution in [3.63, 3.8) is 0 Å². The van der Waals surface area contributed by atoms with Crippen LogP contribution < -0.4 is 9.64 Å². The standard InChI is InChI=1S/C17H23NO4/c1-3-5-11-22-15-8-6-7-14-13(15)9-10-16(19)18(14)12-17(20)21-4-2/h6-8H,3-5,9-12H2,1-2H3. The molecule has 5 heteroatoms. The Balaban J connectivity index is 2.20. The molecule has 0 saturated carbocycles. The number of carbonyl (C=O) groups is 2. The summed E-state index contributed by atoms with van der Waals surface area (Å²) in [6.07, 6.45) is 3.11. The predicted octanol–water partition coefficient (Wildman–Crippen LogP) is 2.71. The number of benzene rings is 1. The summed E-state index contributed by atoms with van der Waals surface area (Å²) in [6, 6.07) is 5.64. The number of anilines is 1. The molecule has 0 atom stereocenters. The van der Waals surface area contributed by atoms with Crippen molar-refractivity contribution >= 4 is 17.6 Å². The van der Waals surface area contributed by atoms with Crippen LogP contribution in [-0.4, -0.2) is 31.6 Å². The van der Waals surface area contributed by atoms with Crippen LogP contribution in [-0.2, 0) is 20.7 Å². The van der Waals surface area contributed by atoms with E-state index in [0.717, 1.165) is 29.8 Å². The number of fused-ring (bicyclic) bond motifs is 1. The van der Waals surface area contributed by atoms with Crippen molar-refractivity contribution in [2.75, 3.05) is 24.7 Å². The van der Waals surface area contributed by atoms with Crippen LogP contribution in [0.2, 0.25) is 0 Å². The van der Waals surface area contributed by atoms with Gasteiger partial charge in [0.1, 0.15) is 12.3 Å². The van der Waals surface area contributed by atoms with Gasteiger partial charge >= 0.3 is 5.97 Å². The van der Waals surface area contributed by atoms with E-state index in [4.69, 9.17) is 9.47 Å². The SMILES string of the molecule is CCCCOc1cccc2c1CCC(=O)N2CC(=O)OCC. The van der Waals surface area contributed by atoms with Crippen LogP contribution in [0.1, 0.15) is 38.7 Å². The van der Waals surface area contributed by atoms with Crippen molar-refractivity contribution in [1.82, 2.24) is 0 Å². The number of hydrogen-bond donors (Lipinski definition) is 0. The lowest BCUT2D eigenvalue weighted by molar-refractivity contribution is -0.142. The molecule has 1 amide bonds. The first kappa shape index (κ1) is 16.3. The number of nitrogens with zero attached hydrogens (tertiary/aromatic N) is 1. The second-order valence-electron chi connectivity index (χ2n) is 5.24.